The van der Waals surface area contributed by atoms with E-state index in [4.69, 9.17) is 27.4 Å². The minimum Gasteiger partial charge on any atom is -0.493 e. The molecule has 0 heterocycles. The van der Waals surface area contributed by atoms with Gasteiger partial charge in [0.25, 0.3) is 0 Å². The second kappa shape index (κ2) is 6.87. The highest BCUT2D eigenvalue weighted by atomic mass is 79.9. The van der Waals surface area contributed by atoms with Crippen LogP contribution in [0.1, 0.15) is 11.1 Å². The molecule has 2 N–H and O–H groups in total. The number of benzene rings is 2. The minimum atomic E-state index is -0.288. The van der Waals surface area contributed by atoms with Crippen LogP contribution in [0.4, 0.5) is 4.39 Å². The van der Waals surface area contributed by atoms with Crippen LogP contribution in [0.5, 0.6) is 11.5 Å². The van der Waals surface area contributed by atoms with E-state index in [1.165, 1.54) is 19.2 Å². The van der Waals surface area contributed by atoms with Crippen molar-refractivity contribution in [2.24, 2.45) is 5.73 Å². The Morgan fingerprint density at radius 3 is 2.52 bits per heavy atom. The van der Waals surface area contributed by atoms with Crippen molar-refractivity contribution in [1.29, 1.82) is 0 Å². The van der Waals surface area contributed by atoms with Crippen molar-refractivity contribution in [3.8, 4) is 11.5 Å². The highest BCUT2D eigenvalue weighted by molar-refractivity contribution is 9.10. The van der Waals surface area contributed by atoms with E-state index in [1.807, 2.05) is 0 Å². The van der Waals surface area contributed by atoms with Crippen molar-refractivity contribution in [2.45, 2.75) is 6.61 Å². The number of rotatable bonds is 5. The standard InChI is InChI=1S/C15H13BrFNO2S/c1-19-13-7-10(16)6-12(15(18)21)14(13)20-8-9-2-4-11(17)5-3-9/h2-7H,8H2,1H3,(H2,18,21). The van der Waals surface area contributed by atoms with Gasteiger partial charge in [-0.2, -0.15) is 0 Å². The lowest BCUT2D eigenvalue weighted by Gasteiger charge is -2.15. The molecule has 6 heteroatoms. The molecule has 2 rings (SSSR count). The molecule has 0 aliphatic heterocycles. The number of ether oxygens (including phenoxy) is 2. The largest absolute Gasteiger partial charge is 0.493 e. The fourth-order valence-electron chi connectivity index (χ4n) is 1.79. The first kappa shape index (κ1) is 15.7. The van der Waals surface area contributed by atoms with Gasteiger partial charge in [0.05, 0.1) is 12.7 Å². The molecule has 0 atom stereocenters. The number of halogens is 2. The molecule has 2 aromatic rings. The Balaban J connectivity index is 2.29. The Hall–Kier alpha value is -1.66. The van der Waals surface area contributed by atoms with Gasteiger partial charge >= 0.3 is 0 Å². The normalized spacial score (nSPS) is 10.2. The number of hydrogen-bond acceptors (Lipinski definition) is 3. The Morgan fingerprint density at radius 2 is 1.95 bits per heavy atom. The van der Waals surface area contributed by atoms with Gasteiger partial charge < -0.3 is 15.2 Å². The maximum atomic E-state index is 12.9. The fourth-order valence-corrected chi connectivity index (χ4v) is 2.38. The molecule has 0 aliphatic rings. The molecule has 0 aliphatic carbocycles. The summed E-state index contributed by atoms with van der Waals surface area (Å²) >= 11 is 8.40. The third kappa shape index (κ3) is 3.92. The van der Waals surface area contributed by atoms with Crippen molar-refractivity contribution < 1.29 is 13.9 Å². The fraction of sp³-hybridized carbons (Fsp3) is 0.133. The first-order valence-corrected chi connectivity index (χ1v) is 7.26. The summed E-state index contributed by atoms with van der Waals surface area (Å²) in [5.74, 6) is 0.704. The van der Waals surface area contributed by atoms with Crippen LogP contribution < -0.4 is 15.2 Å². The zero-order valence-corrected chi connectivity index (χ0v) is 13.6. The molecule has 0 spiro atoms. The molecule has 110 valence electrons. The van der Waals surface area contributed by atoms with Crippen LogP contribution in [0, 0.1) is 5.82 Å². The van der Waals surface area contributed by atoms with E-state index in [0.717, 1.165) is 10.0 Å². The summed E-state index contributed by atoms with van der Waals surface area (Å²) < 4.78 is 24.7. The summed E-state index contributed by atoms with van der Waals surface area (Å²) in [6.45, 7) is 0.258. The van der Waals surface area contributed by atoms with Gasteiger partial charge in [0.1, 0.15) is 17.4 Å². The maximum Gasteiger partial charge on any atom is 0.171 e. The maximum absolute atomic E-state index is 12.9. The van der Waals surface area contributed by atoms with E-state index in [-0.39, 0.29) is 17.4 Å². The Morgan fingerprint density at radius 1 is 1.29 bits per heavy atom. The van der Waals surface area contributed by atoms with Crippen LogP contribution in [-0.4, -0.2) is 12.1 Å². The van der Waals surface area contributed by atoms with E-state index in [2.05, 4.69) is 15.9 Å². The van der Waals surface area contributed by atoms with Crippen LogP contribution in [0.2, 0.25) is 0 Å². The quantitative estimate of drug-likeness (QED) is 0.813. The van der Waals surface area contributed by atoms with E-state index in [0.29, 0.717) is 17.1 Å². The van der Waals surface area contributed by atoms with Crippen molar-refractivity contribution >= 4 is 33.1 Å². The number of hydrogen-bond donors (Lipinski definition) is 1. The summed E-state index contributed by atoms with van der Waals surface area (Å²) in [4.78, 5) is 0.212. The lowest BCUT2D eigenvalue weighted by molar-refractivity contribution is 0.284. The van der Waals surface area contributed by atoms with Crippen molar-refractivity contribution in [1.82, 2.24) is 0 Å². The molecule has 0 bridgehead atoms. The smallest absolute Gasteiger partial charge is 0.171 e. The number of nitrogens with two attached hydrogens (primary N) is 1. The molecule has 21 heavy (non-hydrogen) atoms. The second-order valence-corrected chi connectivity index (χ2v) is 5.62. The summed E-state index contributed by atoms with van der Waals surface area (Å²) in [5.41, 5.74) is 7.13. The first-order chi connectivity index (χ1) is 10.0. The van der Waals surface area contributed by atoms with Gasteiger partial charge in [0.2, 0.25) is 0 Å². The van der Waals surface area contributed by atoms with Crippen LogP contribution in [-0.2, 0) is 6.61 Å². The average molecular weight is 370 g/mol. The molecule has 0 radical (unpaired) electrons. The van der Waals surface area contributed by atoms with Crippen LogP contribution in [0.25, 0.3) is 0 Å². The zero-order valence-electron chi connectivity index (χ0n) is 11.2. The van der Waals surface area contributed by atoms with Gasteiger partial charge in [-0.3, -0.25) is 0 Å². The van der Waals surface area contributed by atoms with Crippen LogP contribution in [0.3, 0.4) is 0 Å². The number of thiocarbonyl (C=S) groups is 1. The molecule has 2 aromatic carbocycles. The van der Waals surface area contributed by atoms with Crippen molar-refractivity contribution in [2.75, 3.05) is 7.11 Å². The second-order valence-electron chi connectivity index (χ2n) is 4.26. The van der Waals surface area contributed by atoms with Gasteiger partial charge in [0.15, 0.2) is 11.5 Å². The SMILES string of the molecule is COc1cc(Br)cc(C(N)=S)c1OCc1ccc(F)cc1. The van der Waals surface area contributed by atoms with E-state index >= 15 is 0 Å². The lowest BCUT2D eigenvalue weighted by atomic mass is 10.2. The number of methoxy groups -OCH3 is 1. The molecule has 0 unspecified atom stereocenters. The summed E-state index contributed by atoms with van der Waals surface area (Å²) in [6, 6.07) is 9.60. The molecule has 0 aromatic heterocycles. The molecular weight excluding hydrogens is 357 g/mol. The Kier molecular flexibility index (Phi) is 5.14. The van der Waals surface area contributed by atoms with Crippen LogP contribution >= 0.6 is 28.1 Å². The zero-order chi connectivity index (χ0) is 15.4. The topological polar surface area (TPSA) is 44.5 Å². The van der Waals surface area contributed by atoms with E-state index in [1.54, 1.807) is 24.3 Å². The summed E-state index contributed by atoms with van der Waals surface area (Å²) in [5, 5.41) is 0. The molecule has 0 fully saturated rings. The lowest BCUT2D eigenvalue weighted by Crippen LogP contribution is -2.12. The third-order valence-electron chi connectivity index (χ3n) is 2.80. The van der Waals surface area contributed by atoms with Gasteiger partial charge in [-0.1, -0.05) is 40.3 Å². The van der Waals surface area contributed by atoms with E-state index < -0.39 is 0 Å². The van der Waals surface area contributed by atoms with Crippen molar-refractivity contribution in [3.63, 3.8) is 0 Å². The Bertz CT molecular complexity index is 661. The molecule has 0 saturated heterocycles. The average Bonchev–Trinajstić information content (AvgIpc) is 2.46. The van der Waals surface area contributed by atoms with Gasteiger partial charge in [0, 0.05) is 4.47 Å². The molecule has 0 amide bonds. The van der Waals surface area contributed by atoms with E-state index in [9.17, 15) is 4.39 Å². The van der Waals surface area contributed by atoms with Gasteiger partial charge in [-0.25, -0.2) is 4.39 Å². The summed E-state index contributed by atoms with van der Waals surface area (Å²) in [7, 11) is 1.54. The molecule has 0 saturated carbocycles. The predicted octanol–water partition coefficient (Wildman–Crippen LogP) is 3.81. The molecular formula is C15H13BrFNO2S. The van der Waals surface area contributed by atoms with Crippen molar-refractivity contribution in [3.05, 3.63) is 57.8 Å². The highest BCUT2D eigenvalue weighted by Crippen LogP contribution is 2.35. The van der Waals surface area contributed by atoms with Gasteiger partial charge in [-0.15, -0.1) is 0 Å². The monoisotopic (exact) mass is 369 g/mol. The predicted molar refractivity (Wildman–Crippen MR) is 87.3 cm³/mol. The third-order valence-corrected chi connectivity index (χ3v) is 3.48. The summed E-state index contributed by atoms with van der Waals surface area (Å²) in [6.07, 6.45) is 0. The first-order valence-electron chi connectivity index (χ1n) is 6.06. The van der Waals surface area contributed by atoms with Crippen LogP contribution in [0.15, 0.2) is 40.9 Å². The Labute approximate surface area is 136 Å². The van der Waals surface area contributed by atoms with Gasteiger partial charge in [-0.05, 0) is 29.8 Å². The molecule has 3 nitrogen and oxygen atoms in total. The minimum absolute atomic E-state index is 0.212. The highest BCUT2D eigenvalue weighted by Gasteiger charge is 2.15.